The van der Waals surface area contributed by atoms with Crippen molar-refractivity contribution in [1.82, 2.24) is 14.3 Å². The molecule has 1 aromatic heterocycles. The SMILES string of the molecule is CC(=O)c1ccc(S(=O)(=O)N2CCCC(Oc3ccnc(C)n3)C2)cc1. The molecule has 0 spiro atoms. The van der Waals surface area contributed by atoms with Crippen molar-refractivity contribution >= 4 is 15.8 Å². The predicted molar refractivity (Wildman–Crippen MR) is 95.6 cm³/mol. The fourth-order valence-electron chi connectivity index (χ4n) is 2.90. The summed E-state index contributed by atoms with van der Waals surface area (Å²) in [5.41, 5.74) is 0.489. The molecular formula is C18H21N3O4S. The van der Waals surface area contributed by atoms with Gasteiger partial charge in [-0.15, -0.1) is 0 Å². The van der Waals surface area contributed by atoms with Gasteiger partial charge in [-0.2, -0.15) is 9.29 Å². The fraction of sp³-hybridized carbons (Fsp3) is 0.389. The summed E-state index contributed by atoms with van der Waals surface area (Å²) in [7, 11) is -3.63. The topological polar surface area (TPSA) is 89.5 Å². The highest BCUT2D eigenvalue weighted by molar-refractivity contribution is 7.89. The highest BCUT2D eigenvalue weighted by Crippen LogP contribution is 2.23. The van der Waals surface area contributed by atoms with Gasteiger partial charge in [0.25, 0.3) is 0 Å². The maximum absolute atomic E-state index is 12.9. The first kappa shape index (κ1) is 18.5. The van der Waals surface area contributed by atoms with Crippen LogP contribution in [0.4, 0.5) is 0 Å². The molecule has 1 aromatic carbocycles. The molecule has 3 rings (SSSR count). The number of hydrogen-bond acceptors (Lipinski definition) is 6. The number of carbonyl (C=O) groups is 1. The molecule has 1 fully saturated rings. The molecule has 138 valence electrons. The van der Waals surface area contributed by atoms with E-state index < -0.39 is 10.0 Å². The molecule has 0 radical (unpaired) electrons. The molecule has 0 N–H and O–H groups in total. The second kappa shape index (κ2) is 7.51. The third-order valence-corrected chi connectivity index (χ3v) is 6.16. The molecule has 2 aromatic rings. The molecule has 1 saturated heterocycles. The summed E-state index contributed by atoms with van der Waals surface area (Å²) in [6, 6.07) is 7.70. The minimum atomic E-state index is -3.63. The van der Waals surface area contributed by atoms with Crippen LogP contribution in [-0.2, 0) is 10.0 Å². The molecule has 2 heterocycles. The molecule has 8 heteroatoms. The van der Waals surface area contributed by atoms with Crippen LogP contribution in [-0.4, -0.2) is 47.7 Å². The van der Waals surface area contributed by atoms with Gasteiger partial charge < -0.3 is 4.74 Å². The Hall–Kier alpha value is -2.32. The lowest BCUT2D eigenvalue weighted by molar-refractivity contribution is 0.101. The number of Topliss-reactive ketones (excluding diaryl/α,β-unsaturated/α-hetero) is 1. The van der Waals surface area contributed by atoms with Gasteiger partial charge in [0.05, 0.1) is 11.4 Å². The number of benzene rings is 1. The second-order valence-corrected chi connectivity index (χ2v) is 8.21. The van der Waals surface area contributed by atoms with Gasteiger partial charge in [-0.1, -0.05) is 12.1 Å². The Bertz CT molecular complexity index is 897. The third kappa shape index (κ3) is 4.08. The summed E-state index contributed by atoms with van der Waals surface area (Å²) >= 11 is 0. The van der Waals surface area contributed by atoms with Gasteiger partial charge in [0.2, 0.25) is 15.9 Å². The van der Waals surface area contributed by atoms with E-state index in [2.05, 4.69) is 9.97 Å². The average molecular weight is 375 g/mol. The van der Waals surface area contributed by atoms with E-state index in [0.717, 1.165) is 6.42 Å². The van der Waals surface area contributed by atoms with Gasteiger partial charge in [-0.05, 0) is 38.8 Å². The summed E-state index contributed by atoms with van der Waals surface area (Å²) in [5.74, 6) is 0.960. The van der Waals surface area contributed by atoms with Crippen LogP contribution in [0, 0.1) is 6.92 Å². The van der Waals surface area contributed by atoms with Crippen LogP contribution in [0.2, 0.25) is 0 Å². The number of carbonyl (C=O) groups excluding carboxylic acids is 1. The van der Waals surface area contributed by atoms with Crippen molar-refractivity contribution in [3.8, 4) is 5.88 Å². The van der Waals surface area contributed by atoms with Crippen LogP contribution < -0.4 is 4.74 Å². The number of hydrogen-bond donors (Lipinski definition) is 0. The standard InChI is InChI=1S/C18H21N3O4S/c1-13(22)15-5-7-17(8-6-15)26(23,24)21-11-3-4-16(12-21)25-18-9-10-19-14(2)20-18/h5-10,16H,3-4,11-12H2,1-2H3. The van der Waals surface area contributed by atoms with E-state index in [1.807, 2.05) is 0 Å². The van der Waals surface area contributed by atoms with E-state index in [9.17, 15) is 13.2 Å². The van der Waals surface area contributed by atoms with Gasteiger partial charge in [0, 0.05) is 24.4 Å². The Kier molecular flexibility index (Phi) is 5.33. The molecule has 0 bridgehead atoms. The maximum atomic E-state index is 12.9. The van der Waals surface area contributed by atoms with Crippen molar-refractivity contribution in [2.24, 2.45) is 0 Å². The Morgan fingerprint density at radius 2 is 1.96 bits per heavy atom. The maximum Gasteiger partial charge on any atom is 0.243 e. The summed E-state index contributed by atoms with van der Waals surface area (Å²) in [6.45, 7) is 3.93. The van der Waals surface area contributed by atoms with Crippen molar-refractivity contribution in [2.75, 3.05) is 13.1 Å². The number of sulfonamides is 1. The Morgan fingerprint density at radius 1 is 1.23 bits per heavy atom. The van der Waals surface area contributed by atoms with E-state index >= 15 is 0 Å². The summed E-state index contributed by atoms with van der Waals surface area (Å²) in [4.78, 5) is 19.8. The van der Waals surface area contributed by atoms with Crippen molar-refractivity contribution in [3.63, 3.8) is 0 Å². The molecule has 1 aliphatic rings. The van der Waals surface area contributed by atoms with Crippen LogP contribution in [0.25, 0.3) is 0 Å². The molecule has 0 aliphatic carbocycles. The van der Waals surface area contributed by atoms with Crippen LogP contribution in [0.5, 0.6) is 5.88 Å². The lowest BCUT2D eigenvalue weighted by Gasteiger charge is -2.31. The number of aromatic nitrogens is 2. The zero-order valence-corrected chi connectivity index (χ0v) is 15.6. The fourth-order valence-corrected chi connectivity index (χ4v) is 4.41. The first-order chi connectivity index (χ1) is 12.4. The molecule has 26 heavy (non-hydrogen) atoms. The highest BCUT2D eigenvalue weighted by atomic mass is 32.2. The van der Waals surface area contributed by atoms with E-state index in [-0.39, 0.29) is 23.3 Å². The normalized spacial score (nSPS) is 18.5. The Labute approximate surface area is 153 Å². The van der Waals surface area contributed by atoms with Gasteiger partial charge in [0.15, 0.2) is 5.78 Å². The Balaban J connectivity index is 1.74. The predicted octanol–water partition coefficient (Wildman–Crippen LogP) is 2.22. The van der Waals surface area contributed by atoms with Crippen LogP contribution in [0.3, 0.4) is 0 Å². The zero-order chi connectivity index (χ0) is 18.7. The van der Waals surface area contributed by atoms with Crippen molar-refractivity contribution in [1.29, 1.82) is 0 Å². The van der Waals surface area contributed by atoms with Gasteiger partial charge in [-0.25, -0.2) is 13.4 Å². The van der Waals surface area contributed by atoms with Crippen molar-refractivity contribution in [2.45, 2.75) is 37.7 Å². The quantitative estimate of drug-likeness (QED) is 0.745. The summed E-state index contributed by atoms with van der Waals surface area (Å²) < 4.78 is 33.0. The summed E-state index contributed by atoms with van der Waals surface area (Å²) in [5, 5.41) is 0. The van der Waals surface area contributed by atoms with E-state index in [1.165, 1.54) is 35.5 Å². The van der Waals surface area contributed by atoms with Crippen LogP contribution in [0.1, 0.15) is 35.9 Å². The molecule has 0 amide bonds. The van der Waals surface area contributed by atoms with E-state index in [1.54, 1.807) is 19.2 Å². The van der Waals surface area contributed by atoms with E-state index in [0.29, 0.717) is 30.2 Å². The lowest BCUT2D eigenvalue weighted by Crippen LogP contribution is -2.44. The molecule has 0 saturated carbocycles. The number of rotatable bonds is 5. The first-order valence-electron chi connectivity index (χ1n) is 8.44. The average Bonchev–Trinajstić information content (AvgIpc) is 2.62. The van der Waals surface area contributed by atoms with Crippen molar-refractivity contribution < 1.29 is 17.9 Å². The zero-order valence-electron chi connectivity index (χ0n) is 14.8. The molecule has 7 nitrogen and oxygen atoms in total. The largest absolute Gasteiger partial charge is 0.473 e. The third-order valence-electron chi connectivity index (χ3n) is 4.28. The Morgan fingerprint density at radius 3 is 2.62 bits per heavy atom. The van der Waals surface area contributed by atoms with Gasteiger partial charge in [-0.3, -0.25) is 4.79 Å². The van der Waals surface area contributed by atoms with Gasteiger partial charge in [0.1, 0.15) is 11.9 Å². The van der Waals surface area contributed by atoms with Crippen molar-refractivity contribution in [3.05, 3.63) is 47.9 Å². The monoisotopic (exact) mass is 375 g/mol. The molecule has 1 atom stereocenters. The van der Waals surface area contributed by atoms with Crippen LogP contribution in [0.15, 0.2) is 41.4 Å². The number of piperidine rings is 1. The summed E-state index contributed by atoms with van der Waals surface area (Å²) in [6.07, 6.45) is 2.83. The number of ketones is 1. The van der Waals surface area contributed by atoms with E-state index in [4.69, 9.17) is 4.74 Å². The number of nitrogens with zero attached hydrogens (tertiary/aromatic N) is 3. The minimum Gasteiger partial charge on any atom is -0.473 e. The minimum absolute atomic E-state index is 0.0967. The van der Waals surface area contributed by atoms with Gasteiger partial charge >= 0.3 is 0 Å². The smallest absolute Gasteiger partial charge is 0.243 e. The highest BCUT2D eigenvalue weighted by Gasteiger charge is 2.31. The molecular weight excluding hydrogens is 354 g/mol. The van der Waals surface area contributed by atoms with Crippen LogP contribution >= 0.6 is 0 Å². The number of ether oxygens (including phenoxy) is 1. The molecule has 1 aliphatic heterocycles. The number of aryl methyl sites for hydroxylation is 1. The second-order valence-electron chi connectivity index (χ2n) is 6.27. The molecule has 1 unspecified atom stereocenters. The first-order valence-corrected chi connectivity index (χ1v) is 9.88. The lowest BCUT2D eigenvalue weighted by atomic mass is 10.1.